The van der Waals surface area contributed by atoms with Crippen molar-refractivity contribution in [3.05, 3.63) is 35.4 Å². The fourth-order valence-electron chi connectivity index (χ4n) is 3.56. The van der Waals surface area contributed by atoms with Crippen molar-refractivity contribution in [1.82, 2.24) is 15.5 Å². The number of morpholine rings is 1. The summed E-state index contributed by atoms with van der Waals surface area (Å²) in [5, 5.41) is 6.32. The van der Waals surface area contributed by atoms with Crippen LogP contribution in [0.3, 0.4) is 0 Å². The van der Waals surface area contributed by atoms with Crippen molar-refractivity contribution in [2.75, 3.05) is 26.2 Å². The molecule has 2 aliphatic heterocycles. The van der Waals surface area contributed by atoms with Gasteiger partial charge in [-0.3, -0.25) is 9.69 Å². The Hall–Kier alpha value is -0.850. The van der Waals surface area contributed by atoms with Gasteiger partial charge in [0.2, 0.25) is 5.91 Å². The Morgan fingerprint density at radius 2 is 1.88 bits per heavy atom. The number of halogens is 2. The Balaban J connectivity index is 0.00000169. The van der Waals surface area contributed by atoms with Gasteiger partial charge in [-0.1, -0.05) is 30.7 Å². The Kier molecular flexibility index (Phi) is 10.5. The highest BCUT2D eigenvalue weighted by atomic mass is 35.5. The second kappa shape index (κ2) is 11.8. The van der Waals surface area contributed by atoms with Crippen LogP contribution < -0.4 is 10.6 Å². The van der Waals surface area contributed by atoms with Crippen LogP contribution in [0.4, 0.5) is 0 Å². The molecule has 7 heteroatoms. The Morgan fingerprint density at radius 1 is 1.19 bits per heavy atom. The monoisotopic (exact) mass is 403 g/mol. The number of nitrogens with zero attached hydrogens (tertiary/aromatic N) is 1. The lowest BCUT2D eigenvalue weighted by Crippen LogP contribution is -2.55. The molecular formula is C19H31Cl2N3O2. The van der Waals surface area contributed by atoms with E-state index in [1.165, 1.54) is 43.5 Å². The third-order valence-electron chi connectivity index (χ3n) is 5.01. The van der Waals surface area contributed by atoms with Gasteiger partial charge in [0.05, 0.1) is 12.7 Å². The first-order valence-electron chi connectivity index (χ1n) is 9.16. The van der Waals surface area contributed by atoms with Crippen molar-refractivity contribution in [3.8, 4) is 0 Å². The highest BCUT2D eigenvalue weighted by Gasteiger charge is 2.28. The Morgan fingerprint density at radius 3 is 2.58 bits per heavy atom. The van der Waals surface area contributed by atoms with Gasteiger partial charge in [-0.15, -0.1) is 24.8 Å². The van der Waals surface area contributed by atoms with Crippen LogP contribution in [-0.2, 0) is 22.6 Å². The van der Waals surface area contributed by atoms with Gasteiger partial charge in [-0.25, -0.2) is 0 Å². The highest BCUT2D eigenvalue weighted by molar-refractivity contribution is 5.85. The molecule has 3 rings (SSSR count). The topological polar surface area (TPSA) is 53.6 Å². The third-order valence-corrected chi connectivity index (χ3v) is 5.01. The van der Waals surface area contributed by atoms with Crippen LogP contribution >= 0.6 is 24.8 Å². The molecule has 5 nitrogen and oxygen atoms in total. The number of ether oxygens (including phenoxy) is 1. The summed E-state index contributed by atoms with van der Waals surface area (Å²) in [4.78, 5) is 14.9. The molecule has 1 amide bonds. The fourth-order valence-corrected chi connectivity index (χ4v) is 3.56. The van der Waals surface area contributed by atoms with Gasteiger partial charge in [-0.05, 0) is 44.0 Å². The van der Waals surface area contributed by atoms with Gasteiger partial charge in [0, 0.05) is 19.6 Å². The number of carbonyl (C=O) groups is 1. The van der Waals surface area contributed by atoms with Crippen LogP contribution in [0.1, 0.15) is 37.3 Å². The van der Waals surface area contributed by atoms with Crippen molar-refractivity contribution in [3.63, 3.8) is 0 Å². The van der Waals surface area contributed by atoms with Crippen molar-refractivity contribution >= 4 is 30.7 Å². The number of hydrogen-bond acceptors (Lipinski definition) is 4. The number of carbonyl (C=O) groups excluding carboxylic acids is 1. The van der Waals surface area contributed by atoms with Crippen molar-refractivity contribution in [1.29, 1.82) is 0 Å². The molecular weight excluding hydrogens is 373 g/mol. The summed E-state index contributed by atoms with van der Waals surface area (Å²) in [5.41, 5.74) is 2.53. The van der Waals surface area contributed by atoms with Gasteiger partial charge in [0.1, 0.15) is 6.04 Å². The summed E-state index contributed by atoms with van der Waals surface area (Å²) < 4.78 is 5.56. The van der Waals surface area contributed by atoms with Crippen LogP contribution in [0.15, 0.2) is 24.3 Å². The molecule has 0 bridgehead atoms. The van der Waals surface area contributed by atoms with E-state index in [9.17, 15) is 4.79 Å². The van der Waals surface area contributed by atoms with Crippen LogP contribution in [0.5, 0.6) is 0 Å². The van der Waals surface area contributed by atoms with E-state index in [1.54, 1.807) is 0 Å². The quantitative estimate of drug-likeness (QED) is 0.792. The molecule has 1 aromatic carbocycles. The lowest BCUT2D eigenvalue weighted by Gasteiger charge is -2.29. The van der Waals surface area contributed by atoms with E-state index in [-0.39, 0.29) is 42.9 Å². The molecule has 2 saturated heterocycles. The largest absolute Gasteiger partial charge is 0.375 e. The van der Waals surface area contributed by atoms with E-state index in [0.29, 0.717) is 13.2 Å². The number of nitrogens with one attached hydrogen (secondary N) is 2. The molecule has 0 radical (unpaired) electrons. The zero-order valence-corrected chi connectivity index (χ0v) is 17.0. The van der Waals surface area contributed by atoms with Crippen LogP contribution in [0, 0.1) is 0 Å². The molecule has 2 N–H and O–H groups in total. The van der Waals surface area contributed by atoms with E-state index < -0.39 is 0 Å². The van der Waals surface area contributed by atoms with Gasteiger partial charge >= 0.3 is 0 Å². The summed E-state index contributed by atoms with van der Waals surface area (Å²) >= 11 is 0. The predicted octanol–water partition coefficient (Wildman–Crippen LogP) is 2.51. The van der Waals surface area contributed by atoms with E-state index in [0.717, 1.165) is 13.1 Å². The molecule has 2 aliphatic rings. The summed E-state index contributed by atoms with van der Waals surface area (Å²) in [6.07, 6.45) is 3.86. The average molecular weight is 404 g/mol. The van der Waals surface area contributed by atoms with E-state index in [1.807, 2.05) is 13.0 Å². The van der Waals surface area contributed by atoms with E-state index in [2.05, 4.69) is 33.7 Å². The summed E-state index contributed by atoms with van der Waals surface area (Å²) in [6, 6.07) is 8.18. The number of piperidine rings is 1. The molecule has 0 aromatic heterocycles. The predicted molar refractivity (Wildman–Crippen MR) is 109 cm³/mol. The number of likely N-dealkylation sites (tertiary alicyclic amines) is 1. The van der Waals surface area contributed by atoms with Gasteiger partial charge in [-0.2, -0.15) is 0 Å². The zero-order chi connectivity index (χ0) is 16.8. The maximum atomic E-state index is 12.4. The number of hydrogen-bond donors (Lipinski definition) is 2. The van der Waals surface area contributed by atoms with Crippen molar-refractivity contribution < 1.29 is 9.53 Å². The van der Waals surface area contributed by atoms with E-state index in [4.69, 9.17) is 4.74 Å². The fraction of sp³-hybridized carbons (Fsp3) is 0.632. The molecule has 0 saturated carbocycles. The Bertz CT molecular complexity index is 553. The van der Waals surface area contributed by atoms with Gasteiger partial charge in [0.15, 0.2) is 0 Å². The smallest absolute Gasteiger partial charge is 0.240 e. The minimum absolute atomic E-state index is 0. The van der Waals surface area contributed by atoms with Crippen molar-refractivity contribution in [2.45, 2.75) is 51.4 Å². The zero-order valence-electron chi connectivity index (χ0n) is 15.4. The Labute approximate surface area is 169 Å². The first kappa shape index (κ1) is 23.2. The van der Waals surface area contributed by atoms with E-state index >= 15 is 0 Å². The third kappa shape index (κ3) is 6.39. The lowest BCUT2D eigenvalue weighted by molar-refractivity contribution is -0.129. The SMILES string of the molecule is C[C@H]1OCCN[C@@H]1C(=O)NCc1ccccc1CN1CCCCC1.Cl.Cl. The average Bonchev–Trinajstić information content (AvgIpc) is 2.62. The molecule has 2 atom stereocenters. The molecule has 26 heavy (non-hydrogen) atoms. The molecule has 0 unspecified atom stereocenters. The first-order valence-corrected chi connectivity index (χ1v) is 9.16. The van der Waals surface area contributed by atoms with Gasteiger partial charge in [0.25, 0.3) is 0 Å². The van der Waals surface area contributed by atoms with Crippen LogP contribution in [0.25, 0.3) is 0 Å². The van der Waals surface area contributed by atoms with Crippen molar-refractivity contribution in [2.24, 2.45) is 0 Å². The summed E-state index contributed by atoms with van der Waals surface area (Å²) in [7, 11) is 0. The molecule has 0 aliphatic carbocycles. The molecule has 1 aromatic rings. The van der Waals surface area contributed by atoms with Crippen LogP contribution in [0.2, 0.25) is 0 Å². The number of amides is 1. The second-order valence-corrected chi connectivity index (χ2v) is 6.83. The maximum absolute atomic E-state index is 12.4. The first-order chi connectivity index (χ1) is 11.7. The minimum Gasteiger partial charge on any atom is -0.375 e. The highest BCUT2D eigenvalue weighted by Crippen LogP contribution is 2.16. The molecule has 0 spiro atoms. The molecule has 2 heterocycles. The minimum atomic E-state index is -0.256. The molecule has 148 valence electrons. The number of benzene rings is 1. The van der Waals surface area contributed by atoms with Crippen LogP contribution in [-0.4, -0.2) is 49.2 Å². The lowest BCUT2D eigenvalue weighted by atomic mass is 10.0. The normalized spacial score (nSPS) is 23.4. The van der Waals surface area contributed by atoms with Gasteiger partial charge < -0.3 is 15.4 Å². The maximum Gasteiger partial charge on any atom is 0.240 e. The molecule has 2 fully saturated rings. The second-order valence-electron chi connectivity index (χ2n) is 6.83. The standard InChI is InChI=1S/C19H29N3O2.2ClH/c1-15-18(20-9-12-24-15)19(23)21-13-16-7-3-4-8-17(16)14-22-10-5-2-6-11-22;;/h3-4,7-8,15,18,20H,2,5-6,9-14H2,1H3,(H,21,23);2*1H/t15-,18+;;/m1../s1. The number of rotatable bonds is 5. The summed E-state index contributed by atoms with van der Waals surface area (Å²) in [6.45, 7) is 7.27. The summed E-state index contributed by atoms with van der Waals surface area (Å²) in [5.74, 6) is 0.0231.